The molecule has 1 aromatic heterocycles. The Bertz CT molecular complexity index is 1090. The molecule has 4 heteroatoms. The summed E-state index contributed by atoms with van der Waals surface area (Å²) in [4.78, 5) is 20.4. The fourth-order valence-electron chi connectivity index (χ4n) is 5.33. The Kier molecular flexibility index (Phi) is 4.78. The molecule has 3 aliphatic rings. The Morgan fingerprint density at radius 3 is 2.77 bits per heavy atom. The van der Waals surface area contributed by atoms with Crippen molar-refractivity contribution in [2.75, 3.05) is 6.61 Å². The third-order valence-corrected chi connectivity index (χ3v) is 7.11. The van der Waals surface area contributed by atoms with Crippen molar-refractivity contribution in [2.45, 2.75) is 53.0 Å². The predicted octanol–water partition coefficient (Wildman–Crippen LogP) is 4.77. The second-order valence-corrected chi connectivity index (χ2v) is 9.03. The van der Waals surface area contributed by atoms with Crippen LogP contribution in [0.3, 0.4) is 0 Å². The van der Waals surface area contributed by atoms with Gasteiger partial charge in [0.15, 0.2) is 0 Å². The van der Waals surface area contributed by atoms with Crippen molar-refractivity contribution in [3.8, 4) is 0 Å². The molecule has 2 aliphatic heterocycles. The van der Waals surface area contributed by atoms with Crippen LogP contribution in [0.25, 0.3) is 16.6 Å². The first-order valence-corrected chi connectivity index (χ1v) is 11.3. The van der Waals surface area contributed by atoms with Crippen LogP contribution in [0.5, 0.6) is 0 Å². The fourth-order valence-corrected chi connectivity index (χ4v) is 5.33. The molecule has 3 heterocycles. The number of aliphatic hydroxyl groups is 1. The van der Waals surface area contributed by atoms with Gasteiger partial charge in [-0.2, -0.15) is 0 Å². The Hall–Kier alpha value is -2.46. The number of hydrogen-bond donors (Lipinski definition) is 1. The summed E-state index contributed by atoms with van der Waals surface area (Å²) >= 11 is 0. The van der Waals surface area contributed by atoms with Crippen molar-refractivity contribution in [3.63, 3.8) is 0 Å². The van der Waals surface area contributed by atoms with E-state index in [0.29, 0.717) is 6.54 Å². The maximum atomic E-state index is 13.5. The van der Waals surface area contributed by atoms with Crippen LogP contribution in [0, 0.1) is 24.7 Å². The summed E-state index contributed by atoms with van der Waals surface area (Å²) < 4.78 is 0. The van der Waals surface area contributed by atoms with Crippen molar-refractivity contribution in [2.24, 2.45) is 17.8 Å². The van der Waals surface area contributed by atoms with E-state index in [4.69, 9.17) is 4.98 Å². The molecular formula is C26H30N2O2. The first-order chi connectivity index (χ1) is 14.5. The Balaban J connectivity index is 1.67. The van der Waals surface area contributed by atoms with Crippen LogP contribution < -0.4 is 0 Å². The molecule has 156 valence electrons. The fraction of sp³-hybridized carbons (Fsp3) is 0.462. The second-order valence-electron chi connectivity index (χ2n) is 9.03. The molecule has 2 aromatic rings. The zero-order valence-electron chi connectivity index (χ0n) is 18.1. The minimum absolute atomic E-state index is 0.0263. The highest BCUT2D eigenvalue weighted by molar-refractivity contribution is 5.96. The lowest BCUT2D eigenvalue weighted by atomic mass is 9.76. The molecule has 1 aromatic carbocycles. The molecule has 4 nitrogen and oxygen atoms in total. The van der Waals surface area contributed by atoms with Crippen molar-refractivity contribution >= 4 is 22.5 Å². The summed E-state index contributed by atoms with van der Waals surface area (Å²) in [6, 6.07) is 6.41. The number of pyridine rings is 1. The average molecular weight is 403 g/mol. The van der Waals surface area contributed by atoms with E-state index < -0.39 is 0 Å². The maximum absolute atomic E-state index is 13.5. The van der Waals surface area contributed by atoms with Crippen LogP contribution >= 0.6 is 0 Å². The number of aromatic nitrogens is 1. The quantitative estimate of drug-likeness (QED) is 0.733. The van der Waals surface area contributed by atoms with Crippen molar-refractivity contribution < 1.29 is 9.90 Å². The van der Waals surface area contributed by atoms with Crippen molar-refractivity contribution in [1.82, 2.24) is 9.88 Å². The molecule has 2 unspecified atom stereocenters. The lowest BCUT2D eigenvalue weighted by Gasteiger charge is -2.36. The highest BCUT2D eigenvalue weighted by Crippen LogP contribution is 2.45. The molecule has 0 spiro atoms. The Morgan fingerprint density at radius 2 is 2.10 bits per heavy atom. The van der Waals surface area contributed by atoms with Gasteiger partial charge < -0.3 is 10.0 Å². The van der Waals surface area contributed by atoms with Gasteiger partial charge in [-0.05, 0) is 62.1 Å². The predicted molar refractivity (Wildman–Crippen MR) is 120 cm³/mol. The van der Waals surface area contributed by atoms with Crippen molar-refractivity contribution in [3.05, 3.63) is 58.3 Å². The van der Waals surface area contributed by atoms with Gasteiger partial charge in [-0.15, -0.1) is 0 Å². The van der Waals surface area contributed by atoms with Crippen LogP contribution in [0.15, 0.2) is 35.9 Å². The molecule has 1 aliphatic carbocycles. The number of allylic oxidation sites excluding steroid dienone is 3. The van der Waals surface area contributed by atoms with Gasteiger partial charge in [-0.1, -0.05) is 43.2 Å². The van der Waals surface area contributed by atoms with E-state index in [2.05, 4.69) is 51.1 Å². The van der Waals surface area contributed by atoms with E-state index in [-0.39, 0.29) is 30.3 Å². The van der Waals surface area contributed by atoms with E-state index in [1.165, 1.54) is 40.5 Å². The highest BCUT2D eigenvalue weighted by atomic mass is 16.3. The molecule has 1 saturated carbocycles. The number of amides is 1. The topological polar surface area (TPSA) is 53.4 Å². The molecule has 30 heavy (non-hydrogen) atoms. The molecule has 0 saturated heterocycles. The number of hydrogen-bond acceptors (Lipinski definition) is 3. The third-order valence-electron chi connectivity index (χ3n) is 7.11. The lowest BCUT2D eigenvalue weighted by molar-refractivity contribution is -0.136. The summed E-state index contributed by atoms with van der Waals surface area (Å²) in [5, 5.41) is 11.3. The van der Waals surface area contributed by atoms with E-state index in [1.54, 1.807) is 0 Å². The van der Waals surface area contributed by atoms with Gasteiger partial charge in [0.05, 0.1) is 36.0 Å². The number of nitrogens with zero attached hydrogens (tertiary/aromatic N) is 2. The molecule has 0 bridgehead atoms. The SMILES string of the molecule is CCc1c2c(nc3ccc(C)cc13)C1=CC([C@H](C=C3CC3)CC)C(CO)C(=O)N1C2. The van der Waals surface area contributed by atoms with Gasteiger partial charge >= 0.3 is 0 Å². The minimum atomic E-state index is -0.370. The third kappa shape index (κ3) is 3.01. The Labute approximate surface area is 178 Å². The highest BCUT2D eigenvalue weighted by Gasteiger charge is 2.44. The molecule has 1 fully saturated rings. The maximum Gasteiger partial charge on any atom is 0.233 e. The van der Waals surface area contributed by atoms with Gasteiger partial charge in [0.1, 0.15) is 0 Å². The van der Waals surface area contributed by atoms with E-state index in [1.807, 2.05) is 4.90 Å². The number of carbonyl (C=O) groups excluding carboxylic acids is 1. The number of benzene rings is 1. The number of aliphatic hydroxyl groups excluding tert-OH is 1. The zero-order valence-corrected chi connectivity index (χ0v) is 18.1. The number of carbonyl (C=O) groups is 1. The summed E-state index contributed by atoms with van der Waals surface area (Å²) in [6.45, 7) is 6.94. The standard InChI is InChI=1S/C26H30N2O2/c1-4-17(11-16-7-8-16)19-12-24-25-21(13-28(24)26(30)22(19)14-29)18(5-2)20-10-15(3)6-9-23(20)27-25/h6,9-12,17,19,22,29H,4-5,7-8,13-14H2,1-3H3/t17-,19?,22?/m0/s1. The summed E-state index contributed by atoms with van der Waals surface area (Å²) in [6.07, 6.45) is 8.85. The lowest BCUT2D eigenvalue weighted by Crippen LogP contribution is -2.42. The van der Waals surface area contributed by atoms with E-state index in [0.717, 1.165) is 29.7 Å². The van der Waals surface area contributed by atoms with E-state index >= 15 is 0 Å². The molecule has 0 radical (unpaired) electrons. The van der Waals surface area contributed by atoms with Crippen LogP contribution in [-0.4, -0.2) is 27.5 Å². The summed E-state index contributed by atoms with van der Waals surface area (Å²) in [5.41, 5.74) is 8.11. The summed E-state index contributed by atoms with van der Waals surface area (Å²) in [7, 11) is 0. The van der Waals surface area contributed by atoms with Crippen LogP contribution in [0.1, 0.15) is 55.5 Å². The van der Waals surface area contributed by atoms with E-state index in [9.17, 15) is 9.90 Å². The number of rotatable bonds is 5. The molecule has 3 atom stereocenters. The van der Waals surface area contributed by atoms with Crippen LogP contribution in [-0.2, 0) is 17.8 Å². The van der Waals surface area contributed by atoms with Crippen LogP contribution in [0.2, 0.25) is 0 Å². The smallest absolute Gasteiger partial charge is 0.233 e. The van der Waals surface area contributed by atoms with Crippen LogP contribution in [0.4, 0.5) is 0 Å². The van der Waals surface area contributed by atoms with Gasteiger partial charge in [0, 0.05) is 10.9 Å². The first kappa shape index (κ1) is 19.5. The largest absolute Gasteiger partial charge is 0.396 e. The zero-order chi connectivity index (χ0) is 21.0. The number of aryl methyl sites for hydroxylation is 2. The van der Waals surface area contributed by atoms with Gasteiger partial charge in [0.2, 0.25) is 5.91 Å². The second kappa shape index (κ2) is 7.35. The monoisotopic (exact) mass is 402 g/mol. The minimum Gasteiger partial charge on any atom is -0.396 e. The molecular weight excluding hydrogens is 372 g/mol. The molecule has 1 amide bonds. The normalized spacial score (nSPS) is 23.3. The molecule has 5 rings (SSSR count). The summed E-state index contributed by atoms with van der Waals surface area (Å²) in [5.74, 6) is -0.00673. The average Bonchev–Trinajstić information content (AvgIpc) is 3.50. The first-order valence-electron chi connectivity index (χ1n) is 11.3. The number of fused-ring (bicyclic) bond motifs is 4. The van der Waals surface area contributed by atoms with Gasteiger partial charge in [-0.3, -0.25) is 4.79 Å². The molecule has 1 N–H and O–H groups in total. The van der Waals surface area contributed by atoms with Crippen molar-refractivity contribution in [1.29, 1.82) is 0 Å². The van der Waals surface area contributed by atoms with Gasteiger partial charge in [0.25, 0.3) is 0 Å². The van der Waals surface area contributed by atoms with Gasteiger partial charge in [-0.25, -0.2) is 4.98 Å². The Morgan fingerprint density at radius 1 is 1.30 bits per heavy atom.